The summed E-state index contributed by atoms with van der Waals surface area (Å²) < 4.78 is 33.7. The molecule has 16 heavy (non-hydrogen) atoms. The monoisotopic (exact) mass is 228 g/mol. The molecule has 0 aromatic heterocycles. The summed E-state index contributed by atoms with van der Waals surface area (Å²) in [4.78, 5) is 3.97. The van der Waals surface area contributed by atoms with E-state index in [0.29, 0.717) is 5.56 Å². The third kappa shape index (κ3) is 2.21. The lowest BCUT2D eigenvalue weighted by Crippen LogP contribution is -2.10. The number of hydrogen-bond acceptors (Lipinski definition) is 4. The fourth-order valence-electron chi connectivity index (χ4n) is 1.51. The molecule has 0 spiro atoms. The highest BCUT2D eigenvalue weighted by molar-refractivity contribution is 5.73. The van der Waals surface area contributed by atoms with E-state index in [2.05, 4.69) is 9.73 Å². The number of aliphatic imine (C=N–C) groups is 1. The zero-order valence-corrected chi connectivity index (χ0v) is 8.27. The van der Waals surface area contributed by atoms with Crippen molar-refractivity contribution in [2.45, 2.75) is 12.7 Å². The second-order valence-corrected chi connectivity index (χ2v) is 3.21. The van der Waals surface area contributed by atoms with Gasteiger partial charge in [-0.25, -0.2) is 4.99 Å². The number of halogens is 2. The number of nitrogens with zero attached hydrogens (tertiary/aromatic N) is 1. The molecule has 1 unspecified atom stereocenters. The molecular weight excluding hydrogens is 218 g/mol. The second kappa shape index (κ2) is 4.34. The Morgan fingerprint density at radius 3 is 2.81 bits per heavy atom. The number of ether oxygens (including phenoxy) is 2. The van der Waals surface area contributed by atoms with Gasteiger partial charge in [0, 0.05) is 5.56 Å². The normalized spacial score (nSPS) is 19.4. The van der Waals surface area contributed by atoms with Crippen LogP contribution >= 0.6 is 0 Å². The molecule has 1 aliphatic heterocycles. The summed E-state index contributed by atoms with van der Waals surface area (Å²) in [6.45, 7) is -2.61. The standard InChI is InChI=1S/C10H10F2N2O2/c11-9(12)16-8-4-2-1-3-6(8)7-5-15-10(13)14-7/h1-4,7,9H,5H2,(H2,13,14). The average Bonchev–Trinajstić information content (AvgIpc) is 2.65. The summed E-state index contributed by atoms with van der Waals surface area (Å²) >= 11 is 0. The minimum absolute atomic E-state index is 0.0665. The quantitative estimate of drug-likeness (QED) is 0.856. The van der Waals surface area contributed by atoms with Gasteiger partial charge in [0.1, 0.15) is 18.4 Å². The van der Waals surface area contributed by atoms with E-state index >= 15 is 0 Å². The number of nitrogens with two attached hydrogens (primary N) is 1. The van der Waals surface area contributed by atoms with E-state index in [4.69, 9.17) is 10.5 Å². The molecule has 0 amide bonds. The summed E-state index contributed by atoms with van der Waals surface area (Å²) in [6, 6.07) is 6.15. The molecule has 1 aromatic rings. The van der Waals surface area contributed by atoms with Crippen LogP contribution in [0.15, 0.2) is 29.3 Å². The minimum Gasteiger partial charge on any atom is -0.463 e. The molecule has 86 valence electrons. The molecule has 6 heteroatoms. The third-order valence-electron chi connectivity index (χ3n) is 2.17. The number of amidine groups is 1. The maximum Gasteiger partial charge on any atom is 0.387 e. The Labute approximate surface area is 90.7 Å². The molecule has 2 N–H and O–H groups in total. The molecule has 0 fully saturated rings. The lowest BCUT2D eigenvalue weighted by atomic mass is 10.1. The van der Waals surface area contributed by atoms with Crippen molar-refractivity contribution in [3.05, 3.63) is 29.8 Å². The number of rotatable bonds is 3. The summed E-state index contributed by atoms with van der Waals surface area (Å²) in [5.41, 5.74) is 5.90. The van der Waals surface area contributed by atoms with Crippen molar-refractivity contribution >= 4 is 6.02 Å². The van der Waals surface area contributed by atoms with Crippen LogP contribution in [0.25, 0.3) is 0 Å². The highest BCUT2D eigenvalue weighted by Crippen LogP contribution is 2.31. The molecule has 0 bridgehead atoms. The van der Waals surface area contributed by atoms with Gasteiger partial charge in [0.15, 0.2) is 0 Å². The van der Waals surface area contributed by atoms with E-state index in [9.17, 15) is 8.78 Å². The van der Waals surface area contributed by atoms with Gasteiger partial charge in [-0.2, -0.15) is 8.78 Å². The molecule has 0 saturated carbocycles. The Morgan fingerprint density at radius 2 is 2.19 bits per heavy atom. The van der Waals surface area contributed by atoms with Crippen molar-refractivity contribution in [1.29, 1.82) is 0 Å². The van der Waals surface area contributed by atoms with Gasteiger partial charge in [-0.3, -0.25) is 0 Å². The van der Waals surface area contributed by atoms with Crippen LogP contribution in [0.4, 0.5) is 8.78 Å². The first-order chi connectivity index (χ1) is 7.66. The molecule has 1 heterocycles. The molecular formula is C10H10F2N2O2. The second-order valence-electron chi connectivity index (χ2n) is 3.21. The van der Waals surface area contributed by atoms with Crippen molar-refractivity contribution in [3.63, 3.8) is 0 Å². The lowest BCUT2D eigenvalue weighted by molar-refractivity contribution is -0.0506. The fourth-order valence-corrected chi connectivity index (χ4v) is 1.51. The first-order valence-corrected chi connectivity index (χ1v) is 4.66. The minimum atomic E-state index is -2.86. The highest BCUT2D eigenvalue weighted by atomic mass is 19.3. The van der Waals surface area contributed by atoms with Crippen LogP contribution in [-0.4, -0.2) is 19.2 Å². The zero-order valence-electron chi connectivity index (χ0n) is 8.27. The van der Waals surface area contributed by atoms with Crippen LogP contribution in [0.3, 0.4) is 0 Å². The molecule has 1 aliphatic rings. The Balaban J connectivity index is 2.26. The number of benzene rings is 1. The number of para-hydroxylation sites is 1. The topological polar surface area (TPSA) is 56.8 Å². The van der Waals surface area contributed by atoms with Crippen LogP contribution in [0.2, 0.25) is 0 Å². The van der Waals surface area contributed by atoms with Crippen molar-refractivity contribution in [2.75, 3.05) is 6.61 Å². The fraction of sp³-hybridized carbons (Fsp3) is 0.300. The van der Waals surface area contributed by atoms with Gasteiger partial charge in [-0.15, -0.1) is 0 Å². The number of alkyl halides is 2. The van der Waals surface area contributed by atoms with E-state index in [1.807, 2.05) is 0 Å². The average molecular weight is 228 g/mol. The molecule has 0 saturated heterocycles. The predicted molar refractivity (Wildman–Crippen MR) is 53.4 cm³/mol. The molecule has 0 aliphatic carbocycles. The first kappa shape index (κ1) is 10.7. The van der Waals surface area contributed by atoms with E-state index < -0.39 is 6.61 Å². The van der Waals surface area contributed by atoms with Crippen LogP contribution in [0.5, 0.6) is 5.75 Å². The smallest absolute Gasteiger partial charge is 0.387 e. The van der Waals surface area contributed by atoms with Crippen molar-refractivity contribution in [2.24, 2.45) is 10.7 Å². The maximum atomic E-state index is 12.2. The van der Waals surface area contributed by atoms with Crippen molar-refractivity contribution < 1.29 is 18.3 Å². The summed E-state index contributed by atoms with van der Waals surface area (Å²) in [6.07, 6.45) is 0. The van der Waals surface area contributed by atoms with Gasteiger partial charge in [0.05, 0.1) is 0 Å². The Bertz CT molecular complexity index is 410. The van der Waals surface area contributed by atoms with Gasteiger partial charge < -0.3 is 15.2 Å². The Kier molecular flexibility index (Phi) is 2.89. The molecule has 4 nitrogen and oxygen atoms in total. The van der Waals surface area contributed by atoms with Gasteiger partial charge in [0.2, 0.25) is 0 Å². The SMILES string of the molecule is NC1=NC(c2ccccc2OC(F)F)CO1. The highest BCUT2D eigenvalue weighted by Gasteiger charge is 2.23. The lowest BCUT2D eigenvalue weighted by Gasteiger charge is -2.12. The number of hydrogen-bond donors (Lipinski definition) is 1. The molecule has 2 rings (SSSR count). The van der Waals surface area contributed by atoms with Crippen LogP contribution in [-0.2, 0) is 4.74 Å². The molecule has 1 atom stereocenters. The van der Waals surface area contributed by atoms with E-state index in [1.54, 1.807) is 18.2 Å². The van der Waals surface area contributed by atoms with E-state index in [-0.39, 0.29) is 24.4 Å². The van der Waals surface area contributed by atoms with E-state index in [1.165, 1.54) is 6.07 Å². The summed E-state index contributed by atoms with van der Waals surface area (Å²) in [5.74, 6) is 0.101. The van der Waals surface area contributed by atoms with Crippen LogP contribution in [0.1, 0.15) is 11.6 Å². The van der Waals surface area contributed by atoms with Crippen LogP contribution in [0, 0.1) is 0 Å². The molecule has 1 aromatic carbocycles. The Hall–Kier alpha value is -1.85. The van der Waals surface area contributed by atoms with Gasteiger partial charge >= 0.3 is 6.61 Å². The van der Waals surface area contributed by atoms with Crippen molar-refractivity contribution in [3.8, 4) is 5.75 Å². The summed E-state index contributed by atoms with van der Waals surface area (Å²) in [5, 5.41) is 0. The molecule has 0 radical (unpaired) electrons. The predicted octanol–water partition coefficient (Wildman–Crippen LogP) is 1.67. The maximum absolute atomic E-state index is 12.2. The third-order valence-corrected chi connectivity index (χ3v) is 2.17. The largest absolute Gasteiger partial charge is 0.463 e. The Morgan fingerprint density at radius 1 is 1.44 bits per heavy atom. The van der Waals surface area contributed by atoms with Gasteiger partial charge in [0.25, 0.3) is 6.02 Å². The van der Waals surface area contributed by atoms with Gasteiger partial charge in [-0.05, 0) is 6.07 Å². The summed E-state index contributed by atoms with van der Waals surface area (Å²) in [7, 11) is 0. The van der Waals surface area contributed by atoms with Crippen LogP contribution < -0.4 is 10.5 Å². The van der Waals surface area contributed by atoms with Gasteiger partial charge in [-0.1, -0.05) is 18.2 Å². The zero-order chi connectivity index (χ0) is 11.5. The van der Waals surface area contributed by atoms with Crippen molar-refractivity contribution in [1.82, 2.24) is 0 Å². The van der Waals surface area contributed by atoms with E-state index in [0.717, 1.165) is 0 Å². The first-order valence-electron chi connectivity index (χ1n) is 4.66.